The van der Waals surface area contributed by atoms with Crippen LogP contribution in [0.4, 0.5) is 5.95 Å². The molecule has 0 saturated carbocycles. The van der Waals surface area contributed by atoms with Crippen LogP contribution in [0.1, 0.15) is 38.8 Å². The molecule has 0 radical (unpaired) electrons. The van der Waals surface area contributed by atoms with E-state index in [-0.39, 0.29) is 11.9 Å². The number of hydrogen-bond donors (Lipinski definition) is 1. The van der Waals surface area contributed by atoms with E-state index in [9.17, 15) is 4.79 Å². The maximum absolute atomic E-state index is 11.3. The van der Waals surface area contributed by atoms with Gasteiger partial charge in [0.05, 0.1) is 0 Å². The average Bonchev–Trinajstić information content (AvgIpc) is 2.78. The summed E-state index contributed by atoms with van der Waals surface area (Å²) in [5.74, 6) is 1.19. The Balaban J connectivity index is 1.98. The maximum Gasteiger partial charge on any atom is 0.223 e. The summed E-state index contributed by atoms with van der Waals surface area (Å²) in [6.07, 6.45) is 2.73. The van der Waals surface area contributed by atoms with Crippen molar-refractivity contribution < 1.29 is 4.79 Å². The highest BCUT2D eigenvalue weighted by molar-refractivity contribution is 5.73. The van der Waals surface area contributed by atoms with Crippen molar-refractivity contribution in [3.05, 3.63) is 18.0 Å². The fourth-order valence-corrected chi connectivity index (χ4v) is 2.11. The molecular weight excluding hydrogens is 228 g/mol. The summed E-state index contributed by atoms with van der Waals surface area (Å²) in [7, 11) is 0. The van der Waals surface area contributed by atoms with E-state index in [1.54, 1.807) is 13.1 Å². The Kier molecular flexibility index (Phi) is 3.79. The predicted molar refractivity (Wildman–Crippen MR) is 70.4 cm³/mol. The number of carbonyl (C=O) groups excluding carboxylic acids is 1. The summed E-state index contributed by atoms with van der Waals surface area (Å²) in [6.45, 7) is 7.39. The molecule has 0 bridgehead atoms. The standard InChI is InChI=1S/C13H20N4O/c1-9(2)12-4-6-14-13(16-12)15-11-5-7-17(8-11)10(3)18/h4,6,9,11H,5,7-8H2,1-3H3,(H,14,15,16). The molecule has 1 aliphatic rings. The summed E-state index contributed by atoms with van der Waals surface area (Å²) >= 11 is 0. The highest BCUT2D eigenvalue weighted by Gasteiger charge is 2.24. The molecule has 5 heteroatoms. The monoisotopic (exact) mass is 248 g/mol. The van der Waals surface area contributed by atoms with Gasteiger partial charge in [-0.3, -0.25) is 4.79 Å². The van der Waals surface area contributed by atoms with Gasteiger partial charge < -0.3 is 10.2 Å². The van der Waals surface area contributed by atoms with E-state index in [1.165, 1.54) is 0 Å². The lowest BCUT2D eigenvalue weighted by Crippen LogP contribution is -2.30. The van der Waals surface area contributed by atoms with E-state index in [4.69, 9.17) is 0 Å². The second-order valence-electron chi connectivity index (χ2n) is 5.05. The summed E-state index contributed by atoms with van der Waals surface area (Å²) < 4.78 is 0. The van der Waals surface area contributed by atoms with E-state index >= 15 is 0 Å². The van der Waals surface area contributed by atoms with Crippen molar-refractivity contribution in [2.45, 2.75) is 39.2 Å². The third-order valence-electron chi connectivity index (χ3n) is 3.24. The quantitative estimate of drug-likeness (QED) is 0.883. The van der Waals surface area contributed by atoms with Gasteiger partial charge in [0, 0.05) is 37.9 Å². The molecule has 0 aromatic carbocycles. The summed E-state index contributed by atoms with van der Waals surface area (Å²) in [6, 6.07) is 2.20. The van der Waals surface area contributed by atoms with Gasteiger partial charge in [0.15, 0.2) is 0 Å². The Labute approximate surface area is 108 Å². The molecule has 1 fully saturated rings. The molecular formula is C13H20N4O. The minimum Gasteiger partial charge on any atom is -0.350 e. The largest absolute Gasteiger partial charge is 0.350 e. The first-order valence-electron chi connectivity index (χ1n) is 6.41. The molecule has 1 aromatic heterocycles. The lowest BCUT2D eigenvalue weighted by molar-refractivity contribution is -0.127. The summed E-state index contributed by atoms with van der Waals surface area (Å²) in [5, 5.41) is 3.30. The van der Waals surface area contributed by atoms with Crippen LogP contribution in [0.15, 0.2) is 12.3 Å². The second kappa shape index (κ2) is 5.33. The van der Waals surface area contributed by atoms with Crippen molar-refractivity contribution in [2.75, 3.05) is 18.4 Å². The molecule has 0 aliphatic carbocycles. The van der Waals surface area contributed by atoms with Gasteiger partial charge in [-0.1, -0.05) is 13.8 Å². The average molecular weight is 248 g/mol. The van der Waals surface area contributed by atoms with E-state index in [2.05, 4.69) is 29.1 Å². The highest BCUT2D eigenvalue weighted by atomic mass is 16.2. The number of nitrogens with zero attached hydrogens (tertiary/aromatic N) is 3. The molecule has 2 heterocycles. The van der Waals surface area contributed by atoms with Crippen LogP contribution in [0.2, 0.25) is 0 Å². The third kappa shape index (κ3) is 2.97. The van der Waals surface area contributed by atoms with Crippen LogP contribution >= 0.6 is 0 Å². The van der Waals surface area contributed by atoms with Crippen LogP contribution in [0.5, 0.6) is 0 Å². The van der Waals surface area contributed by atoms with E-state index in [1.807, 2.05) is 11.0 Å². The van der Waals surface area contributed by atoms with Crippen LogP contribution in [-0.2, 0) is 4.79 Å². The smallest absolute Gasteiger partial charge is 0.223 e. The number of rotatable bonds is 3. The first-order chi connectivity index (χ1) is 8.56. The van der Waals surface area contributed by atoms with E-state index in [0.29, 0.717) is 11.9 Å². The van der Waals surface area contributed by atoms with Gasteiger partial charge in [0.2, 0.25) is 11.9 Å². The van der Waals surface area contributed by atoms with E-state index < -0.39 is 0 Å². The summed E-state index contributed by atoms with van der Waals surface area (Å²) in [5.41, 5.74) is 1.04. The predicted octanol–water partition coefficient (Wildman–Crippen LogP) is 1.63. The lowest BCUT2D eigenvalue weighted by Gasteiger charge is -2.15. The van der Waals surface area contributed by atoms with Gasteiger partial charge in [0.25, 0.3) is 0 Å². The second-order valence-corrected chi connectivity index (χ2v) is 5.05. The normalized spacial score (nSPS) is 19.3. The molecule has 2 rings (SSSR count). The number of anilines is 1. The van der Waals surface area contributed by atoms with Crippen molar-refractivity contribution in [2.24, 2.45) is 0 Å². The number of amides is 1. The third-order valence-corrected chi connectivity index (χ3v) is 3.24. The number of aromatic nitrogens is 2. The van der Waals surface area contributed by atoms with E-state index in [0.717, 1.165) is 25.2 Å². The SMILES string of the molecule is CC(=O)N1CCC(Nc2nccc(C(C)C)n2)C1. The molecule has 1 atom stereocenters. The Bertz CT molecular complexity index is 433. The minimum absolute atomic E-state index is 0.135. The zero-order valence-corrected chi connectivity index (χ0v) is 11.2. The highest BCUT2D eigenvalue weighted by Crippen LogP contribution is 2.15. The van der Waals surface area contributed by atoms with Crippen LogP contribution in [-0.4, -0.2) is 39.9 Å². The first-order valence-corrected chi connectivity index (χ1v) is 6.41. The van der Waals surface area contributed by atoms with Gasteiger partial charge in [-0.15, -0.1) is 0 Å². The molecule has 1 unspecified atom stereocenters. The van der Waals surface area contributed by atoms with Crippen LogP contribution in [0.3, 0.4) is 0 Å². The van der Waals surface area contributed by atoms with Gasteiger partial charge in [0.1, 0.15) is 0 Å². The van der Waals surface area contributed by atoms with Gasteiger partial charge in [-0.05, 0) is 18.4 Å². The molecule has 1 N–H and O–H groups in total. The Morgan fingerprint density at radius 1 is 1.56 bits per heavy atom. The van der Waals surface area contributed by atoms with Crippen molar-refractivity contribution in [3.63, 3.8) is 0 Å². The first kappa shape index (κ1) is 12.8. The Morgan fingerprint density at radius 2 is 2.33 bits per heavy atom. The number of carbonyl (C=O) groups is 1. The van der Waals surface area contributed by atoms with Crippen molar-refractivity contribution >= 4 is 11.9 Å². The molecule has 5 nitrogen and oxygen atoms in total. The molecule has 1 saturated heterocycles. The molecule has 1 amide bonds. The topological polar surface area (TPSA) is 58.1 Å². The van der Waals surface area contributed by atoms with Crippen LogP contribution in [0.25, 0.3) is 0 Å². The van der Waals surface area contributed by atoms with Gasteiger partial charge in [-0.2, -0.15) is 0 Å². The van der Waals surface area contributed by atoms with Crippen molar-refractivity contribution in [3.8, 4) is 0 Å². The molecule has 1 aromatic rings. The molecule has 1 aliphatic heterocycles. The zero-order chi connectivity index (χ0) is 13.1. The van der Waals surface area contributed by atoms with Crippen molar-refractivity contribution in [1.82, 2.24) is 14.9 Å². The lowest BCUT2D eigenvalue weighted by atomic mass is 10.1. The Morgan fingerprint density at radius 3 is 2.94 bits per heavy atom. The maximum atomic E-state index is 11.3. The number of hydrogen-bond acceptors (Lipinski definition) is 4. The molecule has 0 spiro atoms. The summed E-state index contributed by atoms with van der Waals surface area (Å²) in [4.78, 5) is 21.8. The van der Waals surface area contributed by atoms with Gasteiger partial charge in [-0.25, -0.2) is 9.97 Å². The zero-order valence-electron chi connectivity index (χ0n) is 11.2. The fraction of sp³-hybridized carbons (Fsp3) is 0.615. The van der Waals surface area contributed by atoms with Crippen LogP contribution < -0.4 is 5.32 Å². The molecule has 98 valence electrons. The van der Waals surface area contributed by atoms with Crippen molar-refractivity contribution in [1.29, 1.82) is 0 Å². The fourth-order valence-electron chi connectivity index (χ4n) is 2.11. The number of nitrogens with one attached hydrogen (secondary N) is 1. The molecule has 18 heavy (non-hydrogen) atoms. The Hall–Kier alpha value is -1.65. The van der Waals surface area contributed by atoms with Crippen LogP contribution in [0, 0.1) is 0 Å². The van der Waals surface area contributed by atoms with Gasteiger partial charge >= 0.3 is 0 Å². The number of likely N-dealkylation sites (tertiary alicyclic amines) is 1. The minimum atomic E-state index is 0.135.